The van der Waals surface area contributed by atoms with E-state index < -0.39 is 11.7 Å². The second-order valence-corrected chi connectivity index (χ2v) is 8.24. The van der Waals surface area contributed by atoms with Crippen LogP contribution < -0.4 is 5.32 Å². The number of benzene rings is 1. The molecule has 0 atom stereocenters. The first-order valence-corrected chi connectivity index (χ1v) is 9.84. The van der Waals surface area contributed by atoms with Crippen LogP contribution in [0.3, 0.4) is 0 Å². The Morgan fingerprint density at radius 1 is 1.19 bits per heavy atom. The van der Waals surface area contributed by atoms with Gasteiger partial charge < -0.3 is 5.32 Å². The van der Waals surface area contributed by atoms with Crippen molar-refractivity contribution in [2.45, 2.75) is 32.4 Å². The van der Waals surface area contributed by atoms with E-state index in [0.29, 0.717) is 0 Å². The molecule has 0 saturated heterocycles. The summed E-state index contributed by atoms with van der Waals surface area (Å²) in [6.07, 6.45) is -1.62. The van der Waals surface area contributed by atoms with Gasteiger partial charge in [0.1, 0.15) is 11.5 Å². The molecule has 0 aliphatic carbocycles. The summed E-state index contributed by atoms with van der Waals surface area (Å²) >= 11 is 7.89. The first-order chi connectivity index (χ1) is 12.8. The average Bonchev–Trinajstić information content (AvgIpc) is 3.09. The molecule has 3 nitrogen and oxygen atoms in total. The van der Waals surface area contributed by atoms with Crippen LogP contribution in [0, 0.1) is 6.92 Å². The van der Waals surface area contributed by atoms with Gasteiger partial charge in [-0.15, -0.1) is 11.3 Å². The van der Waals surface area contributed by atoms with Gasteiger partial charge in [-0.1, -0.05) is 11.6 Å². The number of thiophene rings is 1. The second kappa shape index (κ2) is 6.87. The maximum absolute atomic E-state index is 13.2. The van der Waals surface area contributed by atoms with Crippen molar-refractivity contribution in [3.05, 3.63) is 51.4 Å². The summed E-state index contributed by atoms with van der Waals surface area (Å²) < 4.78 is 41.1. The number of nitrogens with zero attached hydrogens (tertiary/aromatic N) is 2. The number of anilines is 1. The van der Waals surface area contributed by atoms with Crippen LogP contribution in [0.4, 0.5) is 19.0 Å². The quantitative estimate of drug-likeness (QED) is 0.534. The minimum absolute atomic E-state index is 0.230. The van der Waals surface area contributed by atoms with Gasteiger partial charge >= 0.3 is 6.18 Å². The summed E-state index contributed by atoms with van der Waals surface area (Å²) in [6, 6.07) is 7.36. The van der Waals surface area contributed by atoms with Gasteiger partial charge in [-0.25, -0.2) is 4.68 Å². The minimum atomic E-state index is -4.44. The zero-order valence-corrected chi connectivity index (χ0v) is 16.1. The van der Waals surface area contributed by atoms with Crippen LogP contribution in [0.25, 0.3) is 16.3 Å². The maximum Gasteiger partial charge on any atom is 0.416 e. The van der Waals surface area contributed by atoms with Crippen molar-refractivity contribution in [3.63, 3.8) is 0 Å². The Labute approximate surface area is 163 Å². The number of nitrogens with one attached hydrogen (secondary N) is 1. The lowest BCUT2D eigenvalue weighted by molar-refractivity contribution is -0.137. The smallest absolute Gasteiger partial charge is 0.370 e. The average molecular weight is 412 g/mol. The molecule has 0 radical (unpaired) electrons. The zero-order chi connectivity index (χ0) is 19.2. The lowest BCUT2D eigenvalue weighted by atomic mass is 10.1. The fraction of sp³-hybridized carbons (Fsp3) is 0.316. The van der Waals surface area contributed by atoms with Gasteiger partial charge in [0.2, 0.25) is 0 Å². The monoisotopic (exact) mass is 411 g/mol. The van der Waals surface area contributed by atoms with Crippen molar-refractivity contribution in [3.8, 4) is 16.3 Å². The van der Waals surface area contributed by atoms with E-state index in [4.69, 9.17) is 11.6 Å². The van der Waals surface area contributed by atoms with Crippen LogP contribution in [0.1, 0.15) is 28.8 Å². The topological polar surface area (TPSA) is 29.9 Å². The summed E-state index contributed by atoms with van der Waals surface area (Å²) in [5.41, 5.74) is 1.33. The van der Waals surface area contributed by atoms with Crippen molar-refractivity contribution in [1.82, 2.24) is 9.78 Å². The summed E-state index contributed by atoms with van der Waals surface area (Å²) in [4.78, 5) is 2.17. The maximum atomic E-state index is 13.2. The van der Waals surface area contributed by atoms with Gasteiger partial charge in [0, 0.05) is 17.0 Å². The number of hydrogen-bond donors (Lipinski definition) is 1. The molecule has 8 heteroatoms. The SMILES string of the molecule is Cc1ccc(-c2nn(-c3cc(C(F)(F)F)ccc3Cl)c3c2CCCCN3)s1. The van der Waals surface area contributed by atoms with E-state index in [1.807, 2.05) is 19.1 Å². The second-order valence-electron chi connectivity index (χ2n) is 6.55. The van der Waals surface area contributed by atoms with Crippen LogP contribution in [0.5, 0.6) is 0 Å². The number of aromatic nitrogens is 2. The van der Waals surface area contributed by atoms with Crippen LogP contribution in [-0.2, 0) is 12.6 Å². The van der Waals surface area contributed by atoms with E-state index in [0.717, 1.165) is 64.8 Å². The molecule has 3 heterocycles. The van der Waals surface area contributed by atoms with Gasteiger partial charge in [-0.2, -0.15) is 18.3 Å². The molecule has 1 aromatic carbocycles. The molecule has 0 unspecified atom stereocenters. The van der Waals surface area contributed by atoms with E-state index in [1.54, 1.807) is 11.3 Å². The van der Waals surface area contributed by atoms with E-state index >= 15 is 0 Å². The number of rotatable bonds is 2. The van der Waals surface area contributed by atoms with Gasteiger partial charge in [-0.05, 0) is 56.5 Å². The molecule has 0 amide bonds. The van der Waals surface area contributed by atoms with Gasteiger partial charge in [-0.3, -0.25) is 0 Å². The Bertz CT molecular complexity index is 991. The molecule has 4 rings (SSSR count). The van der Waals surface area contributed by atoms with E-state index in [-0.39, 0.29) is 10.7 Å². The molecular weight excluding hydrogens is 395 g/mol. The van der Waals surface area contributed by atoms with Crippen LogP contribution in [0.2, 0.25) is 5.02 Å². The Kier molecular flexibility index (Phi) is 4.68. The molecule has 3 aromatic rings. The summed E-state index contributed by atoms with van der Waals surface area (Å²) in [5, 5.41) is 8.25. The fourth-order valence-corrected chi connectivity index (χ4v) is 4.37. The standard InChI is InChI=1S/C19H17ClF3N3S/c1-11-5-8-16(27-11)17-13-4-2-3-9-24-18(13)26(25-17)15-10-12(19(21,22)23)6-7-14(15)20/h5-8,10,24H,2-4,9H2,1H3. The lowest BCUT2D eigenvalue weighted by Crippen LogP contribution is -2.10. The van der Waals surface area contributed by atoms with Crippen LogP contribution in [0.15, 0.2) is 30.3 Å². The first kappa shape index (κ1) is 18.4. The van der Waals surface area contributed by atoms with Crippen molar-refractivity contribution in [1.29, 1.82) is 0 Å². The molecule has 27 heavy (non-hydrogen) atoms. The number of hydrogen-bond acceptors (Lipinski definition) is 3. The largest absolute Gasteiger partial charge is 0.416 e. The number of fused-ring (bicyclic) bond motifs is 1. The predicted molar refractivity (Wildman–Crippen MR) is 103 cm³/mol. The molecule has 1 N–H and O–H groups in total. The van der Waals surface area contributed by atoms with E-state index in [1.165, 1.54) is 10.7 Å². The Morgan fingerprint density at radius 2 is 2.00 bits per heavy atom. The molecule has 0 bridgehead atoms. The van der Waals surface area contributed by atoms with E-state index in [9.17, 15) is 13.2 Å². The molecule has 0 spiro atoms. The number of aryl methyl sites for hydroxylation is 1. The predicted octanol–water partition coefficient (Wildman–Crippen LogP) is 6.33. The molecule has 2 aromatic heterocycles. The Morgan fingerprint density at radius 3 is 2.70 bits per heavy atom. The van der Waals surface area contributed by atoms with Crippen LogP contribution in [-0.4, -0.2) is 16.3 Å². The van der Waals surface area contributed by atoms with Gasteiger partial charge in [0.15, 0.2) is 0 Å². The highest BCUT2D eigenvalue weighted by Gasteiger charge is 2.32. The summed E-state index contributed by atoms with van der Waals surface area (Å²) in [7, 11) is 0. The highest BCUT2D eigenvalue weighted by molar-refractivity contribution is 7.15. The minimum Gasteiger partial charge on any atom is -0.370 e. The van der Waals surface area contributed by atoms with Crippen molar-refractivity contribution < 1.29 is 13.2 Å². The highest BCUT2D eigenvalue weighted by atomic mass is 35.5. The Balaban J connectivity index is 1.93. The summed E-state index contributed by atoms with van der Waals surface area (Å²) in [5.74, 6) is 0.731. The van der Waals surface area contributed by atoms with Gasteiger partial charge in [0.05, 0.1) is 21.2 Å². The van der Waals surface area contributed by atoms with E-state index in [2.05, 4.69) is 10.4 Å². The third-order valence-electron chi connectivity index (χ3n) is 4.60. The third-order valence-corrected chi connectivity index (χ3v) is 5.93. The van der Waals surface area contributed by atoms with Crippen LogP contribution >= 0.6 is 22.9 Å². The molecular formula is C19H17ClF3N3S. The molecule has 1 aliphatic heterocycles. The molecule has 1 aliphatic rings. The molecule has 0 fully saturated rings. The van der Waals surface area contributed by atoms with Crippen molar-refractivity contribution >= 4 is 28.8 Å². The molecule has 0 saturated carbocycles. The fourth-order valence-electron chi connectivity index (χ4n) is 3.29. The lowest BCUT2D eigenvalue weighted by Gasteiger charge is -2.13. The van der Waals surface area contributed by atoms with Gasteiger partial charge in [0.25, 0.3) is 0 Å². The first-order valence-electron chi connectivity index (χ1n) is 8.64. The summed E-state index contributed by atoms with van der Waals surface area (Å²) in [6.45, 7) is 2.77. The zero-order valence-electron chi connectivity index (χ0n) is 14.5. The molecule has 142 valence electrons. The number of alkyl halides is 3. The normalized spacial score (nSPS) is 14.6. The Hall–Kier alpha value is -1.99. The third kappa shape index (κ3) is 3.46. The number of halogens is 4. The van der Waals surface area contributed by atoms with Crippen molar-refractivity contribution in [2.75, 3.05) is 11.9 Å². The highest BCUT2D eigenvalue weighted by Crippen LogP contribution is 2.39. The van der Waals surface area contributed by atoms with Crippen molar-refractivity contribution in [2.24, 2.45) is 0 Å².